The first-order valence-electron chi connectivity index (χ1n) is 12.8. The van der Waals surface area contributed by atoms with Gasteiger partial charge in [-0.2, -0.15) is 0 Å². The Hall–Kier alpha value is -2.84. The van der Waals surface area contributed by atoms with Crippen molar-refractivity contribution in [3.05, 3.63) is 52.2 Å². The molecule has 0 radical (unpaired) electrons. The van der Waals surface area contributed by atoms with Crippen molar-refractivity contribution >= 4 is 12.0 Å². The Morgan fingerprint density at radius 3 is 2.46 bits per heavy atom. The standard InChI is InChI=1S/C27H39N3O9/c1-14(2)21-18(25(30-29-21)39-26-24(37)23(36)22(35)19(11-31)38-26)10-17-7-5-16(9-15(17)3)6-8-20(34)28-27(4,12-32)13-33/h5-9,14,19,22-24,26,31-33,35-37H,10-13H2,1-4H3,(H,28,34)(H,29,30)/t19-,22-,23+,24-,26+/m1/s1. The first kappa shape index (κ1) is 30.7. The van der Waals surface area contributed by atoms with Gasteiger partial charge in [0.25, 0.3) is 0 Å². The zero-order chi connectivity index (χ0) is 28.9. The van der Waals surface area contributed by atoms with Crippen molar-refractivity contribution in [3.8, 4) is 5.88 Å². The number of nitrogens with zero attached hydrogens (tertiary/aromatic N) is 1. The molecule has 216 valence electrons. The molecule has 3 rings (SSSR count). The van der Waals surface area contributed by atoms with Crippen LogP contribution in [0.25, 0.3) is 6.08 Å². The Morgan fingerprint density at radius 1 is 1.18 bits per heavy atom. The second-order valence-electron chi connectivity index (χ2n) is 10.5. The molecule has 0 unspecified atom stereocenters. The second kappa shape index (κ2) is 13.0. The SMILES string of the molecule is Cc1cc(C=CC(=O)NC(C)(CO)CO)ccc1Cc1c(O[C@@H]2O[C@H](CO)[C@@H](O)[C@H](O)[C@H]2O)n[nH]c1C(C)C. The number of aliphatic hydroxyl groups is 6. The third-order valence-corrected chi connectivity index (χ3v) is 6.80. The number of aromatic nitrogens is 2. The first-order chi connectivity index (χ1) is 18.4. The number of amides is 1. The van der Waals surface area contributed by atoms with E-state index in [2.05, 4.69) is 15.5 Å². The molecule has 1 amide bonds. The van der Waals surface area contributed by atoms with Crippen molar-refractivity contribution < 1.29 is 44.9 Å². The number of ether oxygens (including phenoxy) is 2. The molecule has 0 spiro atoms. The van der Waals surface area contributed by atoms with E-state index in [0.29, 0.717) is 6.42 Å². The molecule has 5 atom stereocenters. The van der Waals surface area contributed by atoms with Crippen molar-refractivity contribution in [2.24, 2.45) is 0 Å². The highest BCUT2D eigenvalue weighted by Gasteiger charge is 2.45. The third-order valence-electron chi connectivity index (χ3n) is 6.80. The van der Waals surface area contributed by atoms with Crippen LogP contribution in [-0.2, 0) is 16.0 Å². The number of aryl methyl sites for hydroxylation is 1. The van der Waals surface area contributed by atoms with Gasteiger partial charge in [0.1, 0.15) is 24.4 Å². The summed E-state index contributed by atoms with van der Waals surface area (Å²) in [6.45, 7) is 6.07. The molecular formula is C27H39N3O9. The summed E-state index contributed by atoms with van der Waals surface area (Å²) in [4.78, 5) is 12.2. The van der Waals surface area contributed by atoms with Crippen LogP contribution in [0.3, 0.4) is 0 Å². The fourth-order valence-electron chi connectivity index (χ4n) is 4.23. The molecule has 1 fully saturated rings. The summed E-state index contributed by atoms with van der Waals surface area (Å²) >= 11 is 0. The van der Waals surface area contributed by atoms with Gasteiger partial charge >= 0.3 is 0 Å². The monoisotopic (exact) mass is 549 g/mol. The molecule has 1 aromatic carbocycles. The van der Waals surface area contributed by atoms with Gasteiger partial charge in [-0.1, -0.05) is 32.0 Å². The summed E-state index contributed by atoms with van der Waals surface area (Å²) in [6, 6.07) is 5.66. The van der Waals surface area contributed by atoms with Crippen molar-refractivity contribution in [1.82, 2.24) is 15.5 Å². The number of hydrogen-bond acceptors (Lipinski definition) is 10. The average molecular weight is 550 g/mol. The van der Waals surface area contributed by atoms with Crippen LogP contribution >= 0.6 is 0 Å². The van der Waals surface area contributed by atoms with Gasteiger partial charge in [0.2, 0.25) is 18.1 Å². The van der Waals surface area contributed by atoms with E-state index in [1.54, 1.807) is 6.08 Å². The maximum absolute atomic E-state index is 12.2. The number of carbonyl (C=O) groups is 1. The van der Waals surface area contributed by atoms with E-state index in [4.69, 9.17) is 9.47 Å². The zero-order valence-electron chi connectivity index (χ0n) is 22.5. The van der Waals surface area contributed by atoms with E-state index in [1.807, 2.05) is 39.0 Å². The highest BCUT2D eigenvalue weighted by atomic mass is 16.7. The Labute approximate surface area is 226 Å². The van der Waals surface area contributed by atoms with Crippen LogP contribution in [0.15, 0.2) is 24.3 Å². The number of H-pyrrole nitrogens is 1. The quantitative estimate of drug-likeness (QED) is 0.169. The fraction of sp³-hybridized carbons (Fsp3) is 0.556. The van der Waals surface area contributed by atoms with E-state index in [-0.39, 0.29) is 11.8 Å². The third kappa shape index (κ3) is 7.22. The number of hydrogen-bond donors (Lipinski definition) is 8. The average Bonchev–Trinajstić information content (AvgIpc) is 3.31. The normalized spacial score (nSPS) is 23.9. The Kier molecular flexibility index (Phi) is 10.2. The number of aliphatic hydroxyl groups excluding tert-OH is 6. The first-order valence-corrected chi connectivity index (χ1v) is 12.8. The smallest absolute Gasteiger partial charge is 0.244 e. The fourth-order valence-corrected chi connectivity index (χ4v) is 4.23. The number of nitrogens with one attached hydrogen (secondary N) is 2. The minimum Gasteiger partial charge on any atom is -0.443 e. The van der Waals surface area contributed by atoms with Gasteiger partial charge in [-0.15, -0.1) is 5.10 Å². The van der Waals surface area contributed by atoms with Crippen LogP contribution in [0.5, 0.6) is 5.88 Å². The lowest BCUT2D eigenvalue weighted by Gasteiger charge is -2.39. The predicted octanol–water partition coefficient (Wildman–Crippen LogP) is -0.516. The summed E-state index contributed by atoms with van der Waals surface area (Å²) in [5.74, 6) is -0.222. The van der Waals surface area contributed by atoms with Crippen molar-refractivity contribution in [1.29, 1.82) is 0 Å². The van der Waals surface area contributed by atoms with Crippen LogP contribution in [-0.4, -0.2) is 103 Å². The van der Waals surface area contributed by atoms with E-state index >= 15 is 0 Å². The van der Waals surface area contributed by atoms with Crippen LogP contribution in [0.2, 0.25) is 0 Å². The van der Waals surface area contributed by atoms with Gasteiger partial charge in [0.05, 0.1) is 25.4 Å². The zero-order valence-corrected chi connectivity index (χ0v) is 22.5. The summed E-state index contributed by atoms with van der Waals surface area (Å²) in [7, 11) is 0. The largest absolute Gasteiger partial charge is 0.443 e. The lowest BCUT2D eigenvalue weighted by atomic mass is 9.95. The number of rotatable bonds is 11. The van der Waals surface area contributed by atoms with Crippen LogP contribution in [0, 0.1) is 6.92 Å². The second-order valence-corrected chi connectivity index (χ2v) is 10.5. The molecule has 2 aromatic rings. The van der Waals surface area contributed by atoms with E-state index in [9.17, 15) is 35.4 Å². The maximum atomic E-state index is 12.2. The number of aromatic amines is 1. The Morgan fingerprint density at radius 2 is 1.87 bits per heavy atom. The van der Waals surface area contributed by atoms with Crippen molar-refractivity contribution in [3.63, 3.8) is 0 Å². The molecular weight excluding hydrogens is 510 g/mol. The van der Waals surface area contributed by atoms with Gasteiger partial charge in [0.15, 0.2) is 0 Å². The van der Waals surface area contributed by atoms with Crippen LogP contribution < -0.4 is 10.1 Å². The molecule has 0 saturated carbocycles. The van der Waals surface area contributed by atoms with Gasteiger partial charge in [-0.25, -0.2) is 0 Å². The minimum atomic E-state index is -1.57. The maximum Gasteiger partial charge on any atom is 0.244 e. The highest BCUT2D eigenvalue weighted by Crippen LogP contribution is 2.32. The molecule has 1 saturated heterocycles. The number of benzene rings is 1. The van der Waals surface area contributed by atoms with Gasteiger partial charge in [-0.3, -0.25) is 9.89 Å². The number of carbonyl (C=O) groups excluding carboxylic acids is 1. The molecule has 0 bridgehead atoms. The topological polar surface area (TPSA) is 198 Å². The van der Waals surface area contributed by atoms with Crippen molar-refractivity contribution in [2.75, 3.05) is 19.8 Å². The molecule has 0 aliphatic carbocycles. The summed E-state index contributed by atoms with van der Waals surface area (Å²) in [5, 5.41) is 68.5. The summed E-state index contributed by atoms with van der Waals surface area (Å²) in [6.07, 6.45) is -3.72. The van der Waals surface area contributed by atoms with E-state index < -0.39 is 62.0 Å². The molecule has 1 aliphatic rings. The minimum absolute atomic E-state index is 0.0594. The predicted molar refractivity (Wildman–Crippen MR) is 141 cm³/mol. The van der Waals surface area contributed by atoms with Gasteiger partial charge in [-0.05, 0) is 42.5 Å². The lowest BCUT2D eigenvalue weighted by Crippen LogP contribution is -2.60. The van der Waals surface area contributed by atoms with Gasteiger partial charge in [0, 0.05) is 23.8 Å². The van der Waals surface area contributed by atoms with Gasteiger partial charge < -0.3 is 45.4 Å². The molecule has 8 N–H and O–H groups in total. The van der Waals surface area contributed by atoms with Crippen LogP contribution in [0.1, 0.15) is 54.6 Å². The summed E-state index contributed by atoms with van der Waals surface area (Å²) in [5.41, 5.74) is 3.07. The Balaban J connectivity index is 1.79. The molecule has 1 aliphatic heterocycles. The molecule has 39 heavy (non-hydrogen) atoms. The highest BCUT2D eigenvalue weighted by molar-refractivity contribution is 5.92. The lowest BCUT2D eigenvalue weighted by molar-refractivity contribution is -0.278. The van der Waals surface area contributed by atoms with Crippen molar-refractivity contribution in [2.45, 2.75) is 76.3 Å². The summed E-state index contributed by atoms with van der Waals surface area (Å²) < 4.78 is 11.3. The molecule has 12 heteroatoms. The molecule has 2 heterocycles. The van der Waals surface area contributed by atoms with E-state index in [0.717, 1.165) is 27.9 Å². The van der Waals surface area contributed by atoms with E-state index in [1.165, 1.54) is 13.0 Å². The van der Waals surface area contributed by atoms with Crippen LogP contribution in [0.4, 0.5) is 0 Å². The molecule has 1 aromatic heterocycles. The Bertz CT molecular complexity index is 1140. The molecule has 12 nitrogen and oxygen atoms in total.